The molecule has 0 saturated heterocycles. The topological polar surface area (TPSA) is 99.4 Å². The Morgan fingerprint density at radius 1 is 1.37 bits per heavy atom. The quantitative estimate of drug-likeness (QED) is 0.300. The Kier molecular flexibility index (Phi) is 5.94. The Hall–Kier alpha value is -2.62. The van der Waals surface area contributed by atoms with E-state index in [0.29, 0.717) is 27.8 Å². The van der Waals surface area contributed by atoms with Crippen molar-refractivity contribution in [2.45, 2.75) is 25.5 Å². The van der Waals surface area contributed by atoms with Crippen LogP contribution in [0.1, 0.15) is 16.1 Å². The van der Waals surface area contributed by atoms with E-state index in [2.05, 4.69) is 20.5 Å². The first-order valence-electron chi connectivity index (χ1n) is 9.15. The number of carbonyl (C=O) groups is 1. The predicted molar refractivity (Wildman–Crippen MR) is 120 cm³/mol. The number of aryl methyl sites for hydroxylation is 2. The number of nitrogens with zero attached hydrogens (tertiary/aromatic N) is 3. The van der Waals surface area contributed by atoms with Gasteiger partial charge in [-0.25, -0.2) is 4.98 Å². The molecule has 0 fully saturated rings. The van der Waals surface area contributed by atoms with E-state index < -0.39 is 0 Å². The Balaban J connectivity index is 1.66. The fourth-order valence-corrected chi connectivity index (χ4v) is 4.61. The first-order valence-corrected chi connectivity index (χ1v) is 11.4. The molecule has 3 N–H and O–H groups in total. The highest BCUT2D eigenvalue weighted by Gasteiger charge is 2.16. The smallest absolute Gasteiger partial charge is 0.230 e. The summed E-state index contributed by atoms with van der Waals surface area (Å²) in [5, 5.41) is 22.6. The fraction of sp³-hybridized carbons (Fsp3) is 0.200. The van der Waals surface area contributed by atoms with Crippen LogP contribution in [0.15, 0.2) is 40.9 Å². The molecule has 10 heteroatoms. The third kappa shape index (κ3) is 4.14. The summed E-state index contributed by atoms with van der Waals surface area (Å²) in [6, 6.07) is 9.49. The van der Waals surface area contributed by atoms with E-state index in [-0.39, 0.29) is 17.1 Å². The minimum absolute atomic E-state index is 0.0983. The summed E-state index contributed by atoms with van der Waals surface area (Å²) >= 11 is 9.06. The Morgan fingerprint density at radius 3 is 2.93 bits per heavy atom. The number of H-pyrrole nitrogens is 1. The SMILES string of the molecule is Cc1cc(-n2c(SCC(=O)NCc3cccs3)nc3n[nH]c(C)c3c2=N)ccc1Cl. The van der Waals surface area contributed by atoms with Crippen LogP contribution >= 0.6 is 34.7 Å². The molecular weight excluding hydrogens is 440 g/mol. The third-order valence-electron chi connectivity index (χ3n) is 4.55. The van der Waals surface area contributed by atoms with Crippen molar-refractivity contribution >= 4 is 51.6 Å². The number of thioether (sulfide) groups is 1. The van der Waals surface area contributed by atoms with Gasteiger partial charge in [0.15, 0.2) is 10.8 Å². The van der Waals surface area contributed by atoms with Gasteiger partial charge >= 0.3 is 0 Å². The summed E-state index contributed by atoms with van der Waals surface area (Å²) in [6.07, 6.45) is 0. The molecule has 0 radical (unpaired) electrons. The molecule has 0 aliphatic rings. The maximum Gasteiger partial charge on any atom is 0.230 e. The molecule has 0 aliphatic carbocycles. The normalized spacial score (nSPS) is 11.2. The molecule has 7 nitrogen and oxygen atoms in total. The lowest BCUT2D eigenvalue weighted by Gasteiger charge is -2.14. The predicted octanol–water partition coefficient (Wildman–Crippen LogP) is 3.97. The summed E-state index contributed by atoms with van der Waals surface area (Å²) in [7, 11) is 0. The molecule has 0 aliphatic heterocycles. The maximum atomic E-state index is 12.4. The van der Waals surface area contributed by atoms with Gasteiger partial charge < -0.3 is 5.32 Å². The number of aromatic amines is 1. The number of hydrogen-bond donors (Lipinski definition) is 3. The van der Waals surface area contributed by atoms with E-state index >= 15 is 0 Å². The highest BCUT2D eigenvalue weighted by molar-refractivity contribution is 7.99. The van der Waals surface area contributed by atoms with Crippen LogP contribution in [0.4, 0.5) is 0 Å². The average molecular weight is 459 g/mol. The van der Waals surface area contributed by atoms with Crippen molar-refractivity contribution in [1.82, 2.24) is 25.1 Å². The lowest BCUT2D eigenvalue weighted by molar-refractivity contribution is -0.118. The van der Waals surface area contributed by atoms with Crippen LogP contribution < -0.4 is 10.8 Å². The highest BCUT2D eigenvalue weighted by atomic mass is 35.5. The van der Waals surface area contributed by atoms with Crippen molar-refractivity contribution < 1.29 is 4.79 Å². The van der Waals surface area contributed by atoms with Crippen molar-refractivity contribution in [3.63, 3.8) is 0 Å². The van der Waals surface area contributed by atoms with Crippen LogP contribution in [0, 0.1) is 19.3 Å². The zero-order valence-electron chi connectivity index (χ0n) is 16.3. The van der Waals surface area contributed by atoms with E-state index in [0.717, 1.165) is 21.8 Å². The van der Waals surface area contributed by atoms with E-state index in [9.17, 15) is 4.79 Å². The van der Waals surface area contributed by atoms with Crippen LogP contribution in [0.5, 0.6) is 0 Å². The number of halogens is 1. The first-order chi connectivity index (χ1) is 14.4. The van der Waals surface area contributed by atoms with Crippen molar-refractivity contribution in [3.8, 4) is 5.69 Å². The van der Waals surface area contributed by atoms with Gasteiger partial charge in [0.1, 0.15) is 5.49 Å². The molecule has 0 saturated carbocycles. The minimum atomic E-state index is -0.0983. The van der Waals surface area contributed by atoms with Gasteiger partial charge in [-0.1, -0.05) is 29.4 Å². The molecule has 0 bridgehead atoms. The molecule has 30 heavy (non-hydrogen) atoms. The number of amides is 1. The fourth-order valence-electron chi connectivity index (χ4n) is 3.01. The number of fused-ring (bicyclic) bond motifs is 1. The highest BCUT2D eigenvalue weighted by Crippen LogP contribution is 2.24. The third-order valence-corrected chi connectivity index (χ3v) is 6.79. The number of aromatic nitrogens is 4. The molecular formula is C20H19ClN6OS2. The number of nitrogens with one attached hydrogen (secondary N) is 3. The molecule has 0 unspecified atom stereocenters. The average Bonchev–Trinajstić information content (AvgIpc) is 3.37. The summed E-state index contributed by atoms with van der Waals surface area (Å²) in [5.74, 6) is 0.0816. The molecule has 3 aromatic heterocycles. The number of benzene rings is 1. The Labute approximate surface area is 186 Å². The van der Waals surface area contributed by atoms with Gasteiger partial charge in [-0.05, 0) is 49.1 Å². The molecule has 1 aromatic carbocycles. The molecule has 154 valence electrons. The first kappa shape index (κ1) is 20.6. The van der Waals surface area contributed by atoms with E-state index in [1.165, 1.54) is 11.8 Å². The van der Waals surface area contributed by atoms with Gasteiger partial charge in [0.05, 0.1) is 17.7 Å². The van der Waals surface area contributed by atoms with Crippen LogP contribution in [-0.2, 0) is 11.3 Å². The van der Waals surface area contributed by atoms with Crippen molar-refractivity contribution in [2.24, 2.45) is 0 Å². The number of carbonyl (C=O) groups excluding carboxylic acids is 1. The zero-order chi connectivity index (χ0) is 21.3. The molecule has 4 aromatic rings. The molecule has 1 amide bonds. The van der Waals surface area contributed by atoms with Crippen LogP contribution in [0.25, 0.3) is 16.7 Å². The molecule has 0 atom stereocenters. The van der Waals surface area contributed by atoms with Gasteiger partial charge in [0, 0.05) is 21.3 Å². The van der Waals surface area contributed by atoms with Crippen LogP contribution in [0.3, 0.4) is 0 Å². The van der Waals surface area contributed by atoms with Crippen molar-refractivity contribution in [1.29, 1.82) is 5.41 Å². The molecule has 3 heterocycles. The largest absolute Gasteiger partial charge is 0.350 e. The van der Waals surface area contributed by atoms with Gasteiger partial charge in [0.2, 0.25) is 5.91 Å². The second-order valence-electron chi connectivity index (χ2n) is 6.70. The van der Waals surface area contributed by atoms with E-state index in [1.807, 2.05) is 43.5 Å². The monoisotopic (exact) mass is 458 g/mol. The second-order valence-corrected chi connectivity index (χ2v) is 9.09. The van der Waals surface area contributed by atoms with Crippen molar-refractivity contribution in [2.75, 3.05) is 5.75 Å². The molecule has 4 rings (SSSR count). The maximum absolute atomic E-state index is 12.4. The zero-order valence-corrected chi connectivity index (χ0v) is 18.7. The standard InChI is InChI=1S/C20H19ClN6OS2/c1-11-8-13(5-6-15(11)21)27-18(22)17-12(2)25-26-19(17)24-20(27)30-10-16(28)23-9-14-4-3-7-29-14/h3-8,22H,9-10H2,1-2H3,(H,23,28)(H,25,26). The van der Waals surface area contributed by atoms with Gasteiger partial charge in [-0.2, -0.15) is 5.10 Å². The van der Waals surface area contributed by atoms with Gasteiger partial charge in [-0.15, -0.1) is 11.3 Å². The summed E-state index contributed by atoms with van der Waals surface area (Å²) < 4.78 is 1.73. The lowest BCUT2D eigenvalue weighted by Crippen LogP contribution is -2.26. The number of thiophene rings is 1. The minimum Gasteiger partial charge on any atom is -0.350 e. The summed E-state index contributed by atoms with van der Waals surface area (Å²) in [4.78, 5) is 18.1. The van der Waals surface area contributed by atoms with Gasteiger partial charge in [0.25, 0.3) is 0 Å². The van der Waals surface area contributed by atoms with Crippen molar-refractivity contribution in [3.05, 3.63) is 62.4 Å². The Bertz CT molecular complexity index is 1280. The van der Waals surface area contributed by atoms with Crippen LogP contribution in [-0.4, -0.2) is 31.4 Å². The summed E-state index contributed by atoms with van der Waals surface area (Å²) in [5.41, 5.74) is 3.15. The van der Waals surface area contributed by atoms with E-state index in [4.69, 9.17) is 17.0 Å². The Morgan fingerprint density at radius 2 is 2.20 bits per heavy atom. The number of rotatable bonds is 6. The van der Waals surface area contributed by atoms with Gasteiger partial charge in [-0.3, -0.25) is 19.9 Å². The molecule has 0 spiro atoms. The van der Waals surface area contributed by atoms with Crippen LogP contribution in [0.2, 0.25) is 5.02 Å². The van der Waals surface area contributed by atoms with E-state index in [1.54, 1.807) is 22.0 Å². The second kappa shape index (κ2) is 8.63. The lowest BCUT2D eigenvalue weighted by atomic mass is 10.2. The number of hydrogen-bond acceptors (Lipinski definition) is 6. The summed E-state index contributed by atoms with van der Waals surface area (Å²) in [6.45, 7) is 4.27.